The van der Waals surface area contributed by atoms with Gasteiger partial charge in [0.25, 0.3) is 0 Å². The lowest BCUT2D eigenvalue weighted by Crippen LogP contribution is -2.48. The lowest BCUT2D eigenvalue weighted by molar-refractivity contribution is 0.328. The van der Waals surface area contributed by atoms with Crippen LogP contribution >= 0.6 is 28.3 Å². The molecule has 2 N–H and O–H groups in total. The summed E-state index contributed by atoms with van der Waals surface area (Å²) in [6.07, 6.45) is 0.752. The molecule has 1 heterocycles. The van der Waals surface area contributed by atoms with Crippen molar-refractivity contribution in [1.82, 2.24) is 10.0 Å². The van der Waals surface area contributed by atoms with Crippen molar-refractivity contribution in [2.75, 3.05) is 13.1 Å². The van der Waals surface area contributed by atoms with Gasteiger partial charge in [-0.15, -0.1) is 12.4 Å². The molecule has 2 unspecified atom stereocenters. The molecule has 8 heteroatoms. The summed E-state index contributed by atoms with van der Waals surface area (Å²) >= 11 is 3.03. The number of aryl methyl sites for hydroxylation is 1. The highest BCUT2D eigenvalue weighted by Gasteiger charge is 2.28. The van der Waals surface area contributed by atoms with Crippen LogP contribution in [0.2, 0.25) is 0 Å². The first-order chi connectivity index (χ1) is 9.31. The standard InChI is InChI=1S/C13H18BrFN2O2S.ClH/c1-8-5-11(15)10(14)6-13(8)20(18,19)17-12-3-4-16-7-9(12)2;/h5-6,9,12,16-17H,3-4,7H2,1-2H3;1H. The summed E-state index contributed by atoms with van der Waals surface area (Å²) in [6, 6.07) is 2.45. The van der Waals surface area contributed by atoms with Gasteiger partial charge in [-0.2, -0.15) is 0 Å². The minimum Gasteiger partial charge on any atom is -0.316 e. The minimum absolute atomic E-state index is 0. The summed E-state index contributed by atoms with van der Waals surface area (Å²) in [7, 11) is -3.64. The summed E-state index contributed by atoms with van der Waals surface area (Å²) in [5.41, 5.74) is 0.403. The van der Waals surface area contributed by atoms with Crippen LogP contribution in [-0.4, -0.2) is 27.5 Å². The zero-order chi connectivity index (χ0) is 14.9. The van der Waals surface area contributed by atoms with Gasteiger partial charge in [-0.3, -0.25) is 0 Å². The highest BCUT2D eigenvalue weighted by Crippen LogP contribution is 2.25. The van der Waals surface area contributed by atoms with Crippen LogP contribution in [0.25, 0.3) is 0 Å². The summed E-state index contributed by atoms with van der Waals surface area (Å²) in [5.74, 6) is -0.237. The molecule has 21 heavy (non-hydrogen) atoms. The van der Waals surface area contributed by atoms with E-state index in [0.717, 1.165) is 19.5 Å². The number of halogens is 3. The molecular weight excluding hydrogens is 383 g/mol. The average molecular weight is 402 g/mol. The van der Waals surface area contributed by atoms with Crippen molar-refractivity contribution < 1.29 is 12.8 Å². The Balaban J connectivity index is 0.00000220. The molecule has 120 valence electrons. The Morgan fingerprint density at radius 1 is 1.43 bits per heavy atom. The maximum Gasteiger partial charge on any atom is 0.241 e. The summed E-state index contributed by atoms with van der Waals surface area (Å²) < 4.78 is 41.2. The Kier molecular flexibility index (Phi) is 6.61. The molecule has 0 radical (unpaired) electrons. The zero-order valence-corrected chi connectivity index (χ0v) is 15.0. The fraction of sp³-hybridized carbons (Fsp3) is 0.538. The Morgan fingerprint density at radius 2 is 2.10 bits per heavy atom. The molecular formula is C13H19BrClFN2O2S. The lowest BCUT2D eigenvalue weighted by Gasteiger charge is -2.30. The monoisotopic (exact) mass is 400 g/mol. The van der Waals surface area contributed by atoms with E-state index in [0.29, 0.717) is 5.56 Å². The van der Waals surface area contributed by atoms with E-state index >= 15 is 0 Å². The van der Waals surface area contributed by atoms with Crippen LogP contribution in [0.4, 0.5) is 4.39 Å². The number of piperidine rings is 1. The van der Waals surface area contributed by atoms with Gasteiger partial charge in [0.2, 0.25) is 10.0 Å². The quantitative estimate of drug-likeness (QED) is 0.818. The van der Waals surface area contributed by atoms with Gasteiger partial charge >= 0.3 is 0 Å². The molecule has 0 saturated carbocycles. The SMILES string of the molecule is Cc1cc(F)c(Br)cc1S(=O)(=O)NC1CCNCC1C.Cl. The Morgan fingerprint density at radius 3 is 2.71 bits per heavy atom. The third-order valence-electron chi connectivity index (χ3n) is 3.60. The van der Waals surface area contributed by atoms with E-state index < -0.39 is 15.8 Å². The van der Waals surface area contributed by atoms with Crippen molar-refractivity contribution in [3.05, 3.63) is 28.0 Å². The topological polar surface area (TPSA) is 58.2 Å². The van der Waals surface area contributed by atoms with Crippen LogP contribution in [0.1, 0.15) is 18.9 Å². The van der Waals surface area contributed by atoms with Gasteiger partial charge in [-0.25, -0.2) is 17.5 Å². The normalized spacial score (nSPS) is 22.7. The molecule has 0 bridgehead atoms. The van der Waals surface area contributed by atoms with Crippen molar-refractivity contribution in [2.24, 2.45) is 5.92 Å². The number of nitrogens with one attached hydrogen (secondary N) is 2. The predicted octanol–water partition coefficient (Wildman–Crippen LogP) is 2.59. The fourth-order valence-electron chi connectivity index (χ4n) is 2.37. The number of sulfonamides is 1. The van der Waals surface area contributed by atoms with Crippen molar-refractivity contribution in [3.63, 3.8) is 0 Å². The van der Waals surface area contributed by atoms with Crippen molar-refractivity contribution in [2.45, 2.75) is 31.2 Å². The summed E-state index contributed by atoms with van der Waals surface area (Å²) in [6.45, 7) is 5.19. The van der Waals surface area contributed by atoms with Crippen LogP contribution in [-0.2, 0) is 10.0 Å². The minimum atomic E-state index is -3.64. The molecule has 1 aliphatic rings. The van der Waals surface area contributed by atoms with E-state index in [1.54, 1.807) is 6.92 Å². The first-order valence-corrected chi connectivity index (χ1v) is 8.77. The van der Waals surface area contributed by atoms with E-state index in [1.807, 2.05) is 6.92 Å². The number of rotatable bonds is 3. The smallest absolute Gasteiger partial charge is 0.241 e. The fourth-order valence-corrected chi connectivity index (χ4v) is 4.50. The second kappa shape index (κ2) is 7.37. The van der Waals surface area contributed by atoms with Gasteiger partial charge < -0.3 is 5.32 Å². The molecule has 2 rings (SSSR count). The van der Waals surface area contributed by atoms with Crippen molar-refractivity contribution >= 4 is 38.4 Å². The number of hydrogen-bond acceptors (Lipinski definition) is 3. The van der Waals surface area contributed by atoms with E-state index in [-0.39, 0.29) is 33.7 Å². The van der Waals surface area contributed by atoms with Crippen LogP contribution in [0, 0.1) is 18.7 Å². The van der Waals surface area contributed by atoms with Gasteiger partial charge in [0.05, 0.1) is 9.37 Å². The summed E-state index contributed by atoms with van der Waals surface area (Å²) in [4.78, 5) is 0.122. The molecule has 2 atom stereocenters. The second-order valence-electron chi connectivity index (χ2n) is 5.23. The predicted molar refractivity (Wildman–Crippen MR) is 86.8 cm³/mol. The maximum absolute atomic E-state index is 13.4. The first-order valence-electron chi connectivity index (χ1n) is 6.50. The number of hydrogen-bond donors (Lipinski definition) is 2. The van der Waals surface area contributed by atoms with Crippen LogP contribution in [0.3, 0.4) is 0 Å². The van der Waals surface area contributed by atoms with Gasteiger partial charge in [0, 0.05) is 6.04 Å². The van der Waals surface area contributed by atoms with E-state index in [4.69, 9.17) is 0 Å². The zero-order valence-electron chi connectivity index (χ0n) is 11.8. The van der Waals surface area contributed by atoms with Crippen molar-refractivity contribution in [3.8, 4) is 0 Å². The number of benzene rings is 1. The van der Waals surface area contributed by atoms with Crippen molar-refractivity contribution in [1.29, 1.82) is 0 Å². The van der Waals surface area contributed by atoms with E-state index in [9.17, 15) is 12.8 Å². The molecule has 0 aliphatic carbocycles. The lowest BCUT2D eigenvalue weighted by atomic mass is 9.97. The van der Waals surface area contributed by atoms with Crippen LogP contribution in [0.15, 0.2) is 21.5 Å². The third kappa shape index (κ3) is 4.39. The molecule has 1 aromatic rings. The van der Waals surface area contributed by atoms with Gasteiger partial charge in [0.15, 0.2) is 0 Å². The Bertz CT molecular complexity index is 612. The molecule has 0 aromatic heterocycles. The molecule has 1 aliphatic heterocycles. The molecule has 1 fully saturated rings. The third-order valence-corrected chi connectivity index (χ3v) is 5.84. The highest BCUT2D eigenvalue weighted by molar-refractivity contribution is 9.10. The van der Waals surface area contributed by atoms with Gasteiger partial charge in [-0.1, -0.05) is 6.92 Å². The first kappa shape index (κ1) is 18.8. The highest BCUT2D eigenvalue weighted by atomic mass is 79.9. The van der Waals surface area contributed by atoms with Crippen LogP contribution in [0.5, 0.6) is 0 Å². The Hall–Kier alpha value is -0.210. The van der Waals surface area contributed by atoms with E-state index in [1.165, 1.54) is 12.1 Å². The van der Waals surface area contributed by atoms with E-state index in [2.05, 4.69) is 26.0 Å². The molecule has 0 amide bonds. The molecule has 1 aromatic carbocycles. The second-order valence-corrected chi connectivity index (χ2v) is 7.77. The van der Waals surface area contributed by atoms with Gasteiger partial charge in [0.1, 0.15) is 5.82 Å². The average Bonchev–Trinajstić information content (AvgIpc) is 2.36. The Labute approximate surface area is 139 Å². The van der Waals surface area contributed by atoms with Crippen LogP contribution < -0.4 is 10.0 Å². The molecule has 1 saturated heterocycles. The summed E-state index contributed by atoms with van der Waals surface area (Å²) in [5, 5.41) is 3.23. The molecule has 0 spiro atoms. The molecule has 4 nitrogen and oxygen atoms in total. The maximum atomic E-state index is 13.4. The van der Waals surface area contributed by atoms with Gasteiger partial charge in [-0.05, 0) is 66.0 Å². The largest absolute Gasteiger partial charge is 0.316 e.